The van der Waals surface area contributed by atoms with E-state index in [9.17, 15) is 24.2 Å². The van der Waals surface area contributed by atoms with Crippen molar-refractivity contribution in [3.63, 3.8) is 0 Å². The number of phosphoric acid groups is 1. The molecule has 0 amide bonds. The predicted octanol–water partition coefficient (Wildman–Crippen LogP) is 10.9. The number of rotatable bonds is 39. The molecule has 3 N–H and O–H groups in total. The van der Waals surface area contributed by atoms with E-state index in [1.165, 1.54) is 64.2 Å². The van der Waals surface area contributed by atoms with Crippen molar-refractivity contribution in [3.05, 3.63) is 48.6 Å². The number of aliphatic hydroxyl groups excluding tert-OH is 2. The summed E-state index contributed by atoms with van der Waals surface area (Å²) in [5, 5.41) is 18.3. The summed E-state index contributed by atoms with van der Waals surface area (Å²) in [5.74, 6) is -0.981. The van der Waals surface area contributed by atoms with Crippen molar-refractivity contribution in [1.29, 1.82) is 0 Å². The molecule has 0 rings (SSSR count). The first-order valence-electron chi connectivity index (χ1n) is 21.1. The number of unbranched alkanes of at least 4 members (excludes halogenated alkanes) is 17. The van der Waals surface area contributed by atoms with Crippen molar-refractivity contribution in [2.45, 2.75) is 187 Å². The second-order valence-corrected chi connectivity index (χ2v) is 15.5. The van der Waals surface area contributed by atoms with Gasteiger partial charge in [0, 0.05) is 12.8 Å². The number of esters is 2. The Bertz CT molecular complexity index is 1040. The minimum absolute atomic E-state index is 0.165. The second-order valence-electron chi connectivity index (χ2n) is 14.0. The summed E-state index contributed by atoms with van der Waals surface area (Å²) in [6, 6.07) is 0. The van der Waals surface area contributed by atoms with Crippen LogP contribution in [0.3, 0.4) is 0 Å². The zero-order chi connectivity index (χ0) is 39.8. The Morgan fingerprint density at radius 1 is 0.556 bits per heavy atom. The van der Waals surface area contributed by atoms with Crippen LogP contribution in [-0.4, -0.2) is 65.7 Å². The maximum atomic E-state index is 12.6. The lowest BCUT2D eigenvalue weighted by atomic mass is 10.1. The molecule has 1 unspecified atom stereocenters. The smallest absolute Gasteiger partial charge is 0.462 e. The van der Waals surface area contributed by atoms with Crippen molar-refractivity contribution in [2.75, 3.05) is 26.4 Å². The first-order chi connectivity index (χ1) is 26.2. The molecule has 0 heterocycles. The average Bonchev–Trinajstić information content (AvgIpc) is 3.16. The van der Waals surface area contributed by atoms with E-state index in [0.29, 0.717) is 12.8 Å². The van der Waals surface area contributed by atoms with Gasteiger partial charge in [0.1, 0.15) is 12.7 Å². The minimum atomic E-state index is -4.63. The molecule has 54 heavy (non-hydrogen) atoms. The molecule has 10 nitrogen and oxygen atoms in total. The fourth-order valence-electron chi connectivity index (χ4n) is 5.40. The number of allylic oxidation sites excluding steroid dienone is 8. The van der Waals surface area contributed by atoms with Crippen LogP contribution in [0.1, 0.15) is 174 Å². The molecule has 0 aliphatic carbocycles. The minimum Gasteiger partial charge on any atom is -0.462 e. The molecule has 0 bridgehead atoms. The number of carbonyl (C=O) groups is 2. The average molecular weight is 785 g/mol. The van der Waals surface area contributed by atoms with Crippen molar-refractivity contribution in [2.24, 2.45) is 0 Å². The molecule has 314 valence electrons. The molecule has 3 atom stereocenters. The topological polar surface area (TPSA) is 149 Å². The third kappa shape index (κ3) is 38.2. The standard InChI is InChI=1S/C43H77O10P/c1-3-5-7-9-11-13-15-17-19-21-23-25-27-29-31-33-35-43(47)53-41(39-52-54(48,49)51-37-40(45)36-44)38-50-42(46)34-32-30-28-26-24-22-20-18-16-14-12-10-8-6-4-2/h12,14,18-21,24,26,40-41,44-45H,3-11,13,15-17,22-23,25,27-39H2,1-2H3,(H,48,49)/b14-12-,20-18-,21-19-,26-24-/t40-,41+/m0/s1. The van der Waals surface area contributed by atoms with E-state index in [0.717, 1.165) is 70.6 Å². The number of aliphatic hydroxyl groups is 2. The van der Waals surface area contributed by atoms with Gasteiger partial charge in [0.15, 0.2) is 6.10 Å². The van der Waals surface area contributed by atoms with Crippen LogP contribution in [0.4, 0.5) is 0 Å². The van der Waals surface area contributed by atoms with Crippen molar-refractivity contribution >= 4 is 19.8 Å². The van der Waals surface area contributed by atoms with Gasteiger partial charge in [-0.15, -0.1) is 0 Å². The molecular formula is C43H77O10P. The zero-order valence-corrected chi connectivity index (χ0v) is 34.8. The van der Waals surface area contributed by atoms with Gasteiger partial charge in [-0.2, -0.15) is 0 Å². The van der Waals surface area contributed by atoms with Gasteiger partial charge in [-0.1, -0.05) is 133 Å². The lowest BCUT2D eigenvalue weighted by Crippen LogP contribution is -2.29. The van der Waals surface area contributed by atoms with Crippen LogP contribution in [0.25, 0.3) is 0 Å². The SMILES string of the molecule is CCCCC/C=C\C/C=C\C/C=C\CCCCC(=O)OC[C@H](COP(=O)(O)OC[C@@H](O)CO)OC(=O)CCCCCCC/C=C\CCCCCCCCC. The van der Waals surface area contributed by atoms with Crippen LogP contribution < -0.4 is 0 Å². The van der Waals surface area contributed by atoms with E-state index in [-0.39, 0.29) is 19.4 Å². The van der Waals surface area contributed by atoms with Gasteiger partial charge in [0.25, 0.3) is 0 Å². The molecule has 0 aromatic heterocycles. The Kier molecular flexibility index (Phi) is 37.7. The first-order valence-corrected chi connectivity index (χ1v) is 22.6. The Hall–Kier alpha value is -2.07. The van der Waals surface area contributed by atoms with E-state index < -0.39 is 51.8 Å². The summed E-state index contributed by atoms with van der Waals surface area (Å²) in [6.07, 6.45) is 40.8. The molecule has 0 aromatic rings. The number of carbonyl (C=O) groups excluding carboxylic acids is 2. The Labute approximate surface area is 328 Å². The van der Waals surface area contributed by atoms with E-state index in [4.69, 9.17) is 19.1 Å². The maximum absolute atomic E-state index is 12.6. The molecule has 0 saturated carbocycles. The van der Waals surface area contributed by atoms with Gasteiger partial charge in [-0.05, 0) is 77.0 Å². The van der Waals surface area contributed by atoms with Crippen LogP contribution in [0.15, 0.2) is 48.6 Å². The highest BCUT2D eigenvalue weighted by Gasteiger charge is 2.27. The fraction of sp³-hybridized carbons (Fsp3) is 0.767. The maximum Gasteiger partial charge on any atom is 0.472 e. The van der Waals surface area contributed by atoms with E-state index in [1.807, 2.05) is 0 Å². The lowest BCUT2D eigenvalue weighted by Gasteiger charge is -2.20. The summed E-state index contributed by atoms with van der Waals surface area (Å²) in [7, 11) is -4.63. The van der Waals surface area contributed by atoms with Gasteiger partial charge in [0.2, 0.25) is 0 Å². The number of phosphoric ester groups is 1. The summed E-state index contributed by atoms with van der Waals surface area (Å²) < 4.78 is 32.6. The number of ether oxygens (including phenoxy) is 2. The second kappa shape index (κ2) is 39.2. The van der Waals surface area contributed by atoms with Crippen LogP contribution in [0.5, 0.6) is 0 Å². The van der Waals surface area contributed by atoms with Crippen LogP contribution >= 0.6 is 7.82 Å². The highest BCUT2D eigenvalue weighted by atomic mass is 31.2. The summed E-state index contributed by atoms with van der Waals surface area (Å²) in [4.78, 5) is 34.9. The summed E-state index contributed by atoms with van der Waals surface area (Å²) in [5.41, 5.74) is 0. The third-order valence-electron chi connectivity index (χ3n) is 8.71. The van der Waals surface area contributed by atoms with Crippen molar-refractivity contribution in [3.8, 4) is 0 Å². The fourth-order valence-corrected chi connectivity index (χ4v) is 6.19. The van der Waals surface area contributed by atoms with Gasteiger partial charge in [-0.25, -0.2) is 4.57 Å². The predicted molar refractivity (Wildman–Crippen MR) is 219 cm³/mol. The number of hydrogen-bond acceptors (Lipinski definition) is 9. The third-order valence-corrected chi connectivity index (χ3v) is 9.66. The monoisotopic (exact) mass is 785 g/mol. The molecule has 0 aliphatic rings. The molecule has 0 radical (unpaired) electrons. The molecule has 11 heteroatoms. The molecular weight excluding hydrogens is 707 g/mol. The Morgan fingerprint density at radius 3 is 1.54 bits per heavy atom. The first kappa shape index (κ1) is 51.9. The molecule has 0 saturated heterocycles. The summed E-state index contributed by atoms with van der Waals surface area (Å²) >= 11 is 0. The van der Waals surface area contributed by atoms with Gasteiger partial charge in [0.05, 0.1) is 19.8 Å². The van der Waals surface area contributed by atoms with E-state index in [2.05, 4.69) is 67.0 Å². The van der Waals surface area contributed by atoms with Gasteiger partial charge < -0.3 is 24.6 Å². The van der Waals surface area contributed by atoms with E-state index in [1.54, 1.807) is 0 Å². The van der Waals surface area contributed by atoms with E-state index >= 15 is 0 Å². The van der Waals surface area contributed by atoms with Crippen LogP contribution in [0.2, 0.25) is 0 Å². The highest BCUT2D eigenvalue weighted by molar-refractivity contribution is 7.47. The largest absolute Gasteiger partial charge is 0.472 e. The normalized spacial score (nSPS) is 14.4. The quantitative estimate of drug-likeness (QED) is 0.0238. The summed E-state index contributed by atoms with van der Waals surface area (Å²) in [6.45, 7) is 2.29. The molecule has 0 fully saturated rings. The Balaban J connectivity index is 4.40. The molecule has 0 aliphatic heterocycles. The van der Waals surface area contributed by atoms with Crippen LogP contribution in [0, 0.1) is 0 Å². The van der Waals surface area contributed by atoms with Gasteiger partial charge in [-0.3, -0.25) is 18.6 Å². The highest BCUT2D eigenvalue weighted by Crippen LogP contribution is 2.43. The Morgan fingerprint density at radius 2 is 0.963 bits per heavy atom. The lowest BCUT2D eigenvalue weighted by molar-refractivity contribution is -0.161. The molecule has 0 spiro atoms. The zero-order valence-electron chi connectivity index (χ0n) is 33.9. The van der Waals surface area contributed by atoms with Crippen molar-refractivity contribution < 1.29 is 47.8 Å². The van der Waals surface area contributed by atoms with Gasteiger partial charge >= 0.3 is 19.8 Å². The van der Waals surface area contributed by atoms with Crippen molar-refractivity contribution in [1.82, 2.24) is 0 Å². The number of hydrogen-bond donors (Lipinski definition) is 3. The molecule has 0 aromatic carbocycles. The van der Waals surface area contributed by atoms with Crippen LogP contribution in [-0.2, 0) is 32.7 Å².